The average Bonchev–Trinajstić information content (AvgIpc) is 3.11. The predicted octanol–water partition coefficient (Wildman–Crippen LogP) is 3.14. The Hall–Kier alpha value is -1.89. The lowest BCUT2D eigenvalue weighted by Gasteiger charge is -2.25. The lowest BCUT2D eigenvalue weighted by Crippen LogP contribution is -2.33. The van der Waals surface area contributed by atoms with Gasteiger partial charge in [0.1, 0.15) is 18.2 Å². The summed E-state index contributed by atoms with van der Waals surface area (Å²) in [7, 11) is 3.98. The van der Waals surface area contributed by atoms with Crippen molar-refractivity contribution in [1.29, 1.82) is 0 Å². The van der Waals surface area contributed by atoms with Crippen molar-refractivity contribution in [2.75, 3.05) is 20.2 Å². The minimum absolute atomic E-state index is 0.340. The summed E-state index contributed by atoms with van der Waals surface area (Å²) in [5.41, 5.74) is 1.19. The fraction of sp³-hybridized carbons (Fsp3) is 0.591. The van der Waals surface area contributed by atoms with Crippen LogP contribution in [0.25, 0.3) is 0 Å². The summed E-state index contributed by atoms with van der Waals surface area (Å²) in [6.45, 7) is 2.26. The molecule has 0 radical (unpaired) electrons. The molecule has 1 unspecified atom stereocenters. The van der Waals surface area contributed by atoms with Gasteiger partial charge in [0.05, 0.1) is 18.8 Å². The van der Waals surface area contributed by atoms with Crippen molar-refractivity contribution in [3.8, 4) is 5.75 Å². The Morgan fingerprint density at radius 2 is 1.96 bits per heavy atom. The minimum atomic E-state index is -0.452. The first kappa shape index (κ1) is 20.8. The van der Waals surface area contributed by atoms with E-state index in [1.54, 1.807) is 6.20 Å². The molecule has 0 aliphatic heterocycles. The third-order valence-electron chi connectivity index (χ3n) is 5.26. The van der Waals surface area contributed by atoms with Gasteiger partial charge in [-0.1, -0.05) is 31.4 Å². The van der Waals surface area contributed by atoms with Crippen LogP contribution in [-0.4, -0.2) is 52.0 Å². The molecule has 1 aliphatic rings. The Morgan fingerprint density at radius 1 is 1.21 bits per heavy atom. The fourth-order valence-corrected chi connectivity index (χ4v) is 3.64. The number of hydrogen-bond acceptors (Lipinski definition) is 5. The summed E-state index contributed by atoms with van der Waals surface area (Å²) in [6.07, 6.45) is 9.66. The van der Waals surface area contributed by atoms with Crippen molar-refractivity contribution in [2.24, 2.45) is 7.05 Å². The van der Waals surface area contributed by atoms with Gasteiger partial charge in [-0.05, 0) is 37.6 Å². The molecule has 2 aromatic rings. The third kappa shape index (κ3) is 6.62. The number of rotatable bonds is 10. The highest BCUT2D eigenvalue weighted by Gasteiger charge is 2.16. The molecule has 1 heterocycles. The lowest BCUT2D eigenvalue weighted by atomic mass is 9.98. The van der Waals surface area contributed by atoms with Gasteiger partial charge < -0.3 is 19.1 Å². The van der Waals surface area contributed by atoms with Crippen LogP contribution in [0.15, 0.2) is 36.7 Å². The average molecular weight is 388 g/mol. The number of aliphatic hydroxyl groups excluding tert-OH is 1. The van der Waals surface area contributed by atoms with Gasteiger partial charge >= 0.3 is 0 Å². The Morgan fingerprint density at radius 3 is 2.64 bits per heavy atom. The first-order chi connectivity index (χ1) is 13.6. The second-order valence-electron chi connectivity index (χ2n) is 7.83. The van der Waals surface area contributed by atoms with Crippen LogP contribution in [0.1, 0.15) is 43.5 Å². The molecule has 3 rings (SSSR count). The summed E-state index contributed by atoms with van der Waals surface area (Å²) in [6, 6.07) is 8.09. The Labute approximate surface area is 168 Å². The number of hydrogen-bond donors (Lipinski definition) is 1. The monoisotopic (exact) mass is 387 g/mol. The van der Waals surface area contributed by atoms with Crippen LogP contribution in [0.5, 0.6) is 5.75 Å². The number of likely N-dealkylation sites (N-methyl/N-ethyl adjacent to an activating group) is 1. The van der Waals surface area contributed by atoms with Crippen LogP contribution in [0.3, 0.4) is 0 Å². The summed E-state index contributed by atoms with van der Waals surface area (Å²) in [5, 5.41) is 10.3. The molecule has 1 fully saturated rings. The molecule has 1 saturated carbocycles. The van der Waals surface area contributed by atoms with Crippen molar-refractivity contribution in [1.82, 2.24) is 14.5 Å². The van der Waals surface area contributed by atoms with Crippen LogP contribution < -0.4 is 4.74 Å². The molecule has 1 N–H and O–H groups in total. The van der Waals surface area contributed by atoms with E-state index in [9.17, 15) is 5.11 Å². The second kappa shape index (κ2) is 10.6. The molecule has 6 nitrogen and oxygen atoms in total. The van der Waals surface area contributed by atoms with Crippen LogP contribution in [0.2, 0.25) is 0 Å². The number of aromatic nitrogens is 2. The molecule has 0 bridgehead atoms. The van der Waals surface area contributed by atoms with E-state index in [0.717, 1.165) is 31.0 Å². The topological polar surface area (TPSA) is 59.8 Å². The molecule has 1 atom stereocenters. The minimum Gasteiger partial charge on any atom is -0.486 e. The maximum atomic E-state index is 10.3. The summed E-state index contributed by atoms with van der Waals surface area (Å²) in [4.78, 5) is 6.38. The maximum absolute atomic E-state index is 10.3. The van der Waals surface area contributed by atoms with E-state index in [2.05, 4.69) is 22.0 Å². The zero-order valence-corrected chi connectivity index (χ0v) is 17.1. The number of imidazole rings is 1. The van der Waals surface area contributed by atoms with Gasteiger partial charge in [0.25, 0.3) is 0 Å². The van der Waals surface area contributed by atoms with Crippen molar-refractivity contribution in [3.05, 3.63) is 48.0 Å². The smallest absolute Gasteiger partial charge is 0.146 e. The molecule has 0 amide bonds. The molecule has 28 heavy (non-hydrogen) atoms. The third-order valence-corrected chi connectivity index (χ3v) is 5.26. The van der Waals surface area contributed by atoms with Crippen LogP contribution in [0.4, 0.5) is 0 Å². The van der Waals surface area contributed by atoms with Gasteiger partial charge in [-0.3, -0.25) is 4.90 Å². The quantitative estimate of drug-likeness (QED) is 0.679. The SMILES string of the molecule is CN(Cc1ccc(OCc2nccn2C)cc1)CC(O)COC1CCCCC1. The number of ether oxygens (including phenoxy) is 2. The predicted molar refractivity (Wildman–Crippen MR) is 109 cm³/mol. The Kier molecular flexibility index (Phi) is 7.89. The summed E-state index contributed by atoms with van der Waals surface area (Å²) in [5.74, 6) is 1.73. The highest BCUT2D eigenvalue weighted by Crippen LogP contribution is 2.20. The summed E-state index contributed by atoms with van der Waals surface area (Å²) >= 11 is 0. The second-order valence-corrected chi connectivity index (χ2v) is 7.83. The molecule has 6 heteroatoms. The molecular weight excluding hydrogens is 354 g/mol. The Bertz CT molecular complexity index is 695. The Balaban J connectivity index is 1.37. The van der Waals surface area contributed by atoms with E-state index in [1.807, 2.05) is 37.0 Å². The van der Waals surface area contributed by atoms with Gasteiger partial charge in [-0.2, -0.15) is 0 Å². The number of aliphatic hydroxyl groups is 1. The van der Waals surface area contributed by atoms with E-state index in [1.165, 1.54) is 24.8 Å². The molecular formula is C22H33N3O3. The van der Waals surface area contributed by atoms with Gasteiger partial charge in [0, 0.05) is 32.5 Å². The van der Waals surface area contributed by atoms with Crippen molar-refractivity contribution in [2.45, 2.75) is 57.5 Å². The van der Waals surface area contributed by atoms with Crippen molar-refractivity contribution < 1.29 is 14.6 Å². The van der Waals surface area contributed by atoms with Crippen molar-refractivity contribution in [3.63, 3.8) is 0 Å². The highest BCUT2D eigenvalue weighted by molar-refractivity contribution is 5.27. The van der Waals surface area contributed by atoms with Crippen LogP contribution >= 0.6 is 0 Å². The summed E-state index contributed by atoms with van der Waals surface area (Å²) < 4.78 is 13.6. The van der Waals surface area contributed by atoms with Crippen molar-refractivity contribution >= 4 is 0 Å². The molecule has 1 aromatic carbocycles. The van der Waals surface area contributed by atoms with E-state index in [4.69, 9.17) is 9.47 Å². The number of aryl methyl sites for hydroxylation is 1. The highest BCUT2D eigenvalue weighted by atomic mass is 16.5. The lowest BCUT2D eigenvalue weighted by molar-refractivity contribution is -0.0319. The van der Waals surface area contributed by atoms with Crippen LogP contribution in [-0.2, 0) is 24.9 Å². The first-order valence-corrected chi connectivity index (χ1v) is 10.3. The largest absolute Gasteiger partial charge is 0.486 e. The molecule has 1 aromatic heterocycles. The van der Waals surface area contributed by atoms with E-state index in [-0.39, 0.29) is 0 Å². The van der Waals surface area contributed by atoms with Gasteiger partial charge in [-0.25, -0.2) is 4.98 Å². The first-order valence-electron chi connectivity index (χ1n) is 10.3. The van der Waals surface area contributed by atoms with Gasteiger partial charge in [0.15, 0.2) is 0 Å². The number of benzene rings is 1. The molecule has 154 valence electrons. The zero-order chi connectivity index (χ0) is 19.8. The standard InChI is InChI=1S/C22H33N3O3/c1-24(15-19(26)16-27-20-6-4-3-5-7-20)14-18-8-10-21(11-9-18)28-17-22-23-12-13-25(22)2/h8-13,19-20,26H,3-7,14-17H2,1-2H3. The van der Waals surface area contributed by atoms with E-state index in [0.29, 0.717) is 25.9 Å². The van der Waals surface area contributed by atoms with E-state index >= 15 is 0 Å². The maximum Gasteiger partial charge on any atom is 0.146 e. The normalized spacial score (nSPS) is 16.4. The van der Waals surface area contributed by atoms with Crippen LogP contribution in [0, 0.1) is 0 Å². The molecule has 1 aliphatic carbocycles. The van der Waals surface area contributed by atoms with Gasteiger partial charge in [0.2, 0.25) is 0 Å². The number of nitrogens with zero attached hydrogens (tertiary/aromatic N) is 3. The zero-order valence-electron chi connectivity index (χ0n) is 17.1. The molecule has 0 saturated heterocycles. The fourth-order valence-electron chi connectivity index (χ4n) is 3.64. The molecule has 0 spiro atoms. The van der Waals surface area contributed by atoms with E-state index < -0.39 is 6.10 Å². The van der Waals surface area contributed by atoms with Gasteiger partial charge in [-0.15, -0.1) is 0 Å².